The van der Waals surface area contributed by atoms with E-state index in [-0.39, 0.29) is 5.57 Å². The Bertz CT molecular complexity index is 1140. The molecule has 0 saturated heterocycles. The molecule has 0 bridgehead atoms. The highest BCUT2D eigenvalue weighted by molar-refractivity contribution is 9.10. The molecule has 3 aromatic carbocycles. The van der Waals surface area contributed by atoms with E-state index >= 15 is 0 Å². The van der Waals surface area contributed by atoms with Gasteiger partial charge in [0.25, 0.3) is 5.91 Å². The van der Waals surface area contributed by atoms with Gasteiger partial charge in [-0.15, -0.1) is 0 Å². The van der Waals surface area contributed by atoms with E-state index in [1.54, 1.807) is 42.5 Å². The Morgan fingerprint density at radius 3 is 2.53 bits per heavy atom. The number of benzene rings is 3. The Labute approximate surface area is 196 Å². The molecule has 0 aromatic heterocycles. The number of nitrogens with zero attached hydrogens (tertiary/aromatic N) is 1. The Kier molecular flexibility index (Phi) is 7.69. The normalized spacial score (nSPS) is 10.9. The molecule has 0 atom stereocenters. The predicted octanol–water partition coefficient (Wildman–Crippen LogP) is 6.99. The van der Waals surface area contributed by atoms with Crippen LogP contribution in [0.1, 0.15) is 11.1 Å². The molecule has 0 radical (unpaired) electrons. The van der Waals surface area contributed by atoms with Gasteiger partial charge in [0.1, 0.15) is 24.0 Å². The highest BCUT2D eigenvalue weighted by Crippen LogP contribution is 2.27. The zero-order chi connectivity index (χ0) is 21.5. The zero-order valence-electron chi connectivity index (χ0n) is 15.5. The largest absolute Gasteiger partial charge is 0.488 e. The van der Waals surface area contributed by atoms with Gasteiger partial charge in [0.2, 0.25) is 0 Å². The van der Waals surface area contributed by atoms with Crippen molar-refractivity contribution in [2.75, 3.05) is 5.32 Å². The van der Waals surface area contributed by atoms with Gasteiger partial charge in [-0.3, -0.25) is 4.79 Å². The van der Waals surface area contributed by atoms with Gasteiger partial charge in [0, 0.05) is 30.8 Å². The number of anilines is 1. The smallest absolute Gasteiger partial charge is 0.266 e. The second-order valence-electron chi connectivity index (χ2n) is 6.19. The van der Waals surface area contributed by atoms with Crippen molar-refractivity contribution < 1.29 is 9.53 Å². The molecule has 0 fully saturated rings. The van der Waals surface area contributed by atoms with Crippen LogP contribution in [0.3, 0.4) is 0 Å². The SMILES string of the molecule is N#C/C(=C\c1cc(Cl)ccc1OCc1ccccc1Br)C(=O)Nc1ccc(Br)cc1. The van der Waals surface area contributed by atoms with E-state index in [1.807, 2.05) is 30.3 Å². The van der Waals surface area contributed by atoms with Crippen molar-refractivity contribution in [2.24, 2.45) is 0 Å². The van der Waals surface area contributed by atoms with E-state index in [0.29, 0.717) is 28.6 Å². The standard InChI is InChI=1S/C23H15Br2ClN2O2/c24-18-5-8-20(9-6-18)28-23(29)17(13-27)11-16-12-19(26)7-10-22(16)30-14-15-3-1-2-4-21(15)25/h1-12H,14H2,(H,28,29)/b17-11+. The first-order valence-corrected chi connectivity index (χ1v) is 10.8. The van der Waals surface area contributed by atoms with Gasteiger partial charge in [-0.2, -0.15) is 5.26 Å². The van der Waals surface area contributed by atoms with E-state index < -0.39 is 5.91 Å². The summed E-state index contributed by atoms with van der Waals surface area (Å²) in [6.07, 6.45) is 1.47. The van der Waals surface area contributed by atoms with E-state index in [1.165, 1.54) is 6.08 Å². The molecule has 0 heterocycles. The topological polar surface area (TPSA) is 62.1 Å². The van der Waals surface area contributed by atoms with Crippen LogP contribution in [0.25, 0.3) is 6.08 Å². The highest BCUT2D eigenvalue weighted by Gasteiger charge is 2.12. The molecule has 3 aromatic rings. The molecular weight excluding hydrogens is 532 g/mol. The molecule has 150 valence electrons. The van der Waals surface area contributed by atoms with Gasteiger partial charge in [-0.25, -0.2) is 0 Å². The number of ether oxygens (including phenoxy) is 1. The van der Waals surface area contributed by atoms with Crippen LogP contribution in [0.2, 0.25) is 5.02 Å². The number of carbonyl (C=O) groups excluding carboxylic acids is 1. The summed E-state index contributed by atoms with van der Waals surface area (Å²) in [5.41, 5.74) is 2.03. The summed E-state index contributed by atoms with van der Waals surface area (Å²) in [4.78, 5) is 12.6. The summed E-state index contributed by atoms with van der Waals surface area (Å²) in [7, 11) is 0. The number of rotatable bonds is 6. The maximum absolute atomic E-state index is 12.6. The summed E-state index contributed by atoms with van der Waals surface area (Å²) in [5, 5.41) is 12.7. The maximum atomic E-state index is 12.6. The lowest BCUT2D eigenvalue weighted by molar-refractivity contribution is -0.112. The van der Waals surface area contributed by atoms with Crippen LogP contribution in [0.5, 0.6) is 5.75 Å². The van der Waals surface area contributed by atoms with Crippen LogP contribution in [0, 0.1) is 11.3 Å². The molecule has 0 spiro atoms. The first-order chi connectivity index (χ1) is 14.5. The van der Waals surface area contributed by atoms with Gasteiger partial charge in [-0.05, 0) is 54.6 Å². The molecule has 0 aliphatic carbocycles. The van der Waals surface area contributed by atoms with Crippen LogP contribution < -0.4 is 10.1 Å². The van der Waals surface area contributed by atoms with Gasteiger partial charge >= 0.3 is 0 Å². The Morgan fingerprint density at radius 2 is 1.83 bits per heavy atom. The Balaban J connectivity index is 1.83. The number of halogens is 3. The van der Waals surface area contributed by atoms with Crippen LogP contribution in [0.15, 0.2) is 81.2 Å². The number of nitriles is 1. The van der Waals surface area contributed by atoms with E-state index in [2.05, 4.69) is 37.2 Å². The first kappa shape index (κ1) is 22.1. The first-order valence-electron chi connectivity index (χ1n) is 8.81. The zero-order valence-corrected chi connectivity index (χ0v) is 19.5. The lowest BCUT2D eigenvalue weighted by Crippen LogP contribution is -2.13. The highest BCUT2D eigenvalue weighted by atomic mass is 79.9. The van der Waals surface area contributed by atoms with E-state index in [0.717, 1.165) is 14.5 Å². The second-order valence-corrected chi connectivity index (χ2v) is 8.40. The van der Waals surface area contributed by atoms with E-state index in [4.69, 9.17) is 16.3 Å². The number of hydrogen-bond acceptors (Lipinski definition) is 3. The van der Waals surface area contributed by atoms with Crippen molar-refractivity contribution in [3.8, 4) is 11.8 Å². The van der Waals surface area contributed by atoms with Gasteiger partial charge in [-0.1, -0.05) is 61.7 Å². The molecule has 0 saturated carbocycles. The molecular formula is C23H15Br2ClN2O2. The summed E-state index contributed by atoms with van der Waals surface area (Å²) < 4.78 is 7.76. The lowest BCUT2D eigenvalue weighted by atomic mass is 10.1. The molecule has 7 heteroatoms. The monoisotopic (exact) mass is 544 g/mol. The Hall–Kier alpha value is -2.59. The molecule has 3 rings (SSSR count). The average molecular weight is 547 g/mol. The van der Waals surface area contributed by atoms with Crippen molar-refractivity contribution in [1.82, 2.24) is 0 Å². The average Bonchev–Trinajstić information content (AvgIpc) is 2.74. The Morgan fingerprint density at radius 1 is 1.10 bits per heavy atom. The van der Waals surface area contributed by atoms with Gasteiger partial charge in [0.15, 0.2) is 0 Å². The fourth-order valence-corrected chi connectivity index (χ4v) is 3.41. The van der Waals surface area contributed by atoms with Crippen molar-refractivity contribution in [3.63, 3.8) is 0 Å². The fourth-order valence-electron chi connectivity index (χ4n) is 2.57. The van der Waals surface area contributed by atoms with Crippen molar-refractivity contribution >= 4 is 61.1 Å². The number of nitrogens with one attached hydrogen (secondary N) is 1. The second kappa shape index (κ2) is 10.4. The minimum Gasteiger partial charge on any atom is -0.488 e. The summed E-state index contributed by atoms with van der Waals surface area (Å²) >= 11 is 13.0. The summed E-state index contributed by atoms with van der Waals surface area (Å²) in [5.74, 6) is -0.00380. The van der Waals surface area contributed by atoms with Crippen LogP contribution in [-0.2, 0) is 11.4 Å². The predicted molar refractivity (Wildman–Crippen MR) is 126 cm³/mol. The molecule has 0 unspecified atom stereocenters. The molecule has 4 nitrogen and oxygen atoms in total. The third-order valence-corrected chi connectivity index (χ3v) is 5.62. The molecule has 1 amide bonds. The minimum absolute atomic E-state index is 0.0640. The third kappa shape index (κ3) is 5.96. The van der Waals surface area contributed by atoms with Crippen molar-refractivity contribution in [3.05, 3.63) is 97.4 Å². The third-order valence-electron chi connectivity index (χ3n) is 4.08. The van der Waals surface area contributed by atoms with Crippen LogP contribution in [0.4, 0.5) is 5.69 Å². The maximum Gasteiger partial charge on any atom is 0.266 e. The number of amides is 1. The summed E-state index contributed by atoms with van der Waals surface area (Å²) in [6.45, 7) is 0.316. The number of hydrogen-bond donors (Lipinski definition) is 1. The van der Waals surface area contributed by atoms with Crippen molar-refractivity contribution in [1.29, 1.82) is 5.26 Å². The fraction of sp³-hybridized carbons (Fsp3) is 0.0435. The quantitative estimate of drug-likeness (QED) is 0.268. The minimum atomic E-state index is -0.517. The molecule has 0 aliphatic heterocycles. The molecule has 30 heavy (non-hydrogen) atoms. The molecule has 0 aliphatic rings. The summed E-state index contributed by atoms with van der Waals surface area (Å²) in [6, 6.07) is 21.8. The molecule has 1 N–H and O–H groups in total. The number of carbonyl (C=O) groups is 1. The van der Waals surface area contributed by atoms with E-state index in [9.17, 15) is 10.1 Å². The van der Waals surface area contributed by atoms with Crippen LogP contribution in [-0.4, -0.2) is 5.91 Å². The van der Waals surface area contributed by atoms with Gasteiger partial charge < -0.3 is 10.1 Å². The van der Waals surface area contributed by atoms with Crippen LogP contribution >= 0.6 is 43.5 Å². The van der Waals surface area contributed by atoms with Crippen molar-refractivity contribution in [2.45, 2.75) is 6.61 Å². The lowest BCUT2D eigenvalue weighted by Gasteiger charge is -2.11. The van der Waals surface area contributed by atoms with Gasteiger partial charge in [0.05, 0.1) is 0 Å².